The van der Waals surface area contributed by atoms with Crippen molar-refractivity contribution in [1.29, 1.82) is 0 Å². The summed E-state index contributed by atoms with van der Waals surface area (Å²) in [7, 11) is 0. The summed E-state index contributed by atoms with van der Waals surface area (Å²) in [5, 5.41) is 19.5. The molecule has 0 saturated heterocycles. The normalized spacial score (nSPS) is 16.5. The second-order valence-corrected chi connectivity index (χ2v) is 12.1. The van der Waals surface area contributed by atoms with Gasteiger partial charge in [-0.1, -0.05) is 155 Å². The van der Waals surface area contributed by atoms with Gasteiger partial charge in [-0.05, 0) is 82.1 Å². The summed E-state index contributed by atoms with van der Waals surface area (Å²) in [4.78, 5) is 0. The van der Waals surface area contributed by atoms with E-state index in [0.29, 0.717) is 12.8 Å². The van der Waals surface area contributed by atoms with Crippen LogP contribution < -0.4 is 0 Å². The fourth-order valence-electron chi connectivity index (χ4n) is 3.22. The van der Waals surface area contributed by atoms with Gasteiger partial charge >= 0.3 is 0 Å². The third-order valence-corrected chi connectivity index (χ3v) is 5.70. The Bertz CT molecular complexity index is 1110. The molecule has 0 aliphatic heterocycles. The van der Waals surface area contributed by atoms with Crippen LogP contribution in [0.1, 0.15) is 82.1 Å². The van der Waals surface area contributed by atoms with Gasteiger partial charge in [-0.2, -0.15) is 0 Å². The van der Waals surface area contributed by atoms with Gasteiger partial charge in [0.1, 0.15) is 0 Å². The highest BCUT2D eigenvalue weighted by Crippen LogP contribution is 2.10. The van der Waals surface area contributed by atoms with E-state index >= 15 is 0 Å². The Balaban J connectivity index is 4.78. The summed E-state index contributed by atoms with van der Waals surface area (Å²) >= 11 is 0. The van der Waals surface area contributed by atoms with Gasteiger partial charge in [0.05, 0.1) is 11.2 Å². The summed E-state index contributed by atoms with van der Waals surface area (Å²) in [6, 6.07) is 0. The molecule has 0 spiro atoms. The monoisotopic (exact) mass is 568 g/mol. The molecule has 0 amide bonds. The topological polar surface area (TPSA) is 40.5 Å². The van der Waals surface area contributed by atoms with Crippen molar-refractivity contribution in [3.63, 3.8) is 0 Å². The molecule has 2 N–H and O–H groups in total. The highest BCUT2D eigenvalue weighted by atomic mass is 16.3. The lowest BCUT2D eigenvalue weighted by molar-refractivity contribution is 0.0832. The third-order valence-electron chi connectivity index (χ3n) is 5.70. The molecule has 0 radical (unpaired) electrons. The van der Waals surface area contributed by atoms with Crippen molar-refractivity contribution in [3.8, 4) is 0 Å². The van der Waals surface area contributed by atoms with E-state index < -0.39 is 11.2 Å². The largest absolute Gasteiger partial charge is 0.390 e. The van der Waals surface area contributed by atoms with E-state index in [-0.39, 0.29) is 0 Å². The zero-order valence-corrected chi connectivity index (χ0v) is 27.9. The molecule has 2 nitrogen and oxygen atoms in total. The number of hydrogen-bond acceptors (Lipinski definition) is 2. The van der Waals surface area contributed by atoms with Crippen LogP contribution in [0.2, 0.25) is 0 Å². The predicted octanol–water partition coefficient (Wildman–Crippen LogP) is 10.9. The standard InChI is InChI=1S/C40H56O2/c1-33(21-13-23-35(3)25-15-27-37(5)29-17-31-39(7,8)41)19-11-12-20-34(2)22-14-24-36(4)26-16-28-38(6)30-18-32-40(9,10)42/h11-30,41-42H,31-32H2,1-10H3/b12-11+,21-13+,22-14+,25-15+,26-16+,29-17+,30-18?,33-19+,34-20+,35-23+,36-24+,37-27+,38-28?. The fraction of sp³-hybridized carbons (Fsp3) is 0.350. The molecule has 0 aromatic rings. The van der Waals surface area contributed by atoms with Crippen LogP contribution in [0.25, 0.3) is 0 Å². The summed E-state index contributed by atoms with van der Waals surface area (Å²) in [5.74, 6) is 0. The molecule has 0 unspecified atom stereocenters. The molecule has 0 heterocycles. The summed E-state index contributed by atoms with van der Waals surface area (Å²) in [6.07, 6.45) is 42.6. The molecule has 42 heavy (non-hydrogen) atoms. The summed E-state index contributed by atoms with van der Waals surface area (Å²) in [5.41, 5.74) is 5.66. The van der Waals surface area contributed by atoms with E-state index in [4.69, 9.17) is 0 Å². The first-order chi connectivity index (χ1) is 19.6. The Morgan fingerprint density at radius 3 is 0.833 bits per heavy atom. The van der Waals surface area contributed by atoms with Crippen LogP contribution in [-0.2, 0) is 0 Å². The van der Waals surface area contributed by atoms with E-state index in [0.717, 1.165) is 11.1 Å². The fourth-order valence-corrected chi connectivity index (χ4v) is 3.22. The third kappa shape index (κ3) is 26.7. The van der Waals surface area contributed by atoms with Crippen LogP contribution in [0.4, 0.5) is 0 Å². The maximum Gasteiger partial charge on any atom is 0.0626 e. The van der Waals surface area contributed by atoms with Gasteiger partial charge in [0.25, 0.3) is 0 Å². The van der Waals surface area contributed by atoms with Crippen molar-refractivity contribution < 1.29 is 10.2 Å². The van der Waals surface area contributed by atoms with Crippen molar-refractivity contribution in [2.24, 2.45) is 0 Å². The molecule has 0 aromatic heterocycles. The maximum atomic E-state index is 9.76. The molecule has 2 heteroatoms. The summed E-state index contributed by atoms with van der Waals surface area (Å²) < 4.78 is 0. The van der Waals surface area contributed by atoms with E-state index in [9.17, 15) is 10.2 Å². The first kappa shape index (κ1) is 38.5. The Kier molecular flexibility index (Phi) is 19.5. The molecular weight excluding hydrogens is 512 g/mol. The Morgan fingerprint density at radius 2 is 0.595 bits per heavy atom. The first-order valence-electron chi connectivity index (χ1n) is 14.8. The molecule has 0 bridgehead atoms. The number of allylic oxidation sites excluding steroid dienone is 24. The highest BCUT2D eigenvalue weighted by Gasteiger charge is 2.09. The Labute approximate surface area is 258 Å². The van der Waals surface area contributed by atoms with Gasteiger partial charge in [0.2, 0.25) is 0 Å². The molecule has 0 aliphatic carbocycles. The van der Waals surface area contributed by atoms with Crippen LogP contribution in [-0.4, -0.2) is 21.4 Å². The Morgan fingerprint density at radius 1 is 0.381 bits per heavy atom. The minimum absolute atomic E-state index is 0.640. The summed E-state index contributed by atoms with van der Waals surface area (Å²) in [6.45, 7) is 19.7. The molecule has 0 atom stereocenters. The molecular formula is C40H56O2. The number of aliphatic hydroxyl groups is 2. The average molecular weight is 569 g/mol. The lowest BCUT2D eigenvalue weighted by Gasteiger charge is -2.13. The molecule has 0 aromatic carbocycles. The van der Waals surface area contributed by atoms with E-state index in [1.165, 1.54) is 22.3 Å². The number of rotatable bonds is 16. The molecule has 0 rings (SSSR count). The van der Waals surface area contributed by atoms with Crippen LogP contribution in [0.3, 0.4) is 0 Å². The molecule has 0 aliphatic rings. The van der Waals surface area contributed by atoms with Crippen molar-refractivity contribution in [1.82, 2.24) is 0 Å². The van der Waals surface area contributed by atoms with Crippen molar-refractivity contribution in [2.45, 2.75) is 93.3 Å². The van der Waals surface area contributed by atoms with E-state index in [1.807, 2.05) is 64.2 Å². The van der Waals surface area contributed by atoms with Gasteiger partial charge in [0.15, 0.2) is 0 Å². The van der Waals surface area contributed by atoms with Crippen LogP contribution in [0.15, 0.2) is 155 Å². The second-order valence-electron chi connectivity index (χ2n) is 12.1. The first-order valence-corrected chi connectivity index (χ1v) is 14.8. The number of hydrogen-bond donors (Lipinski definition) is 2. The molecule has 228 valence electrons. The minimum Gasteiger partial charge on any atom is -0.390 e. The minimum atomic E-state index is -0.667. The van der Waals surface area contributed by atoms with Crippen molar-refractivity contribution in [2.75, 3.05) is 0 Å². The van der Waals surface area contributed by atoms with Gasteiger partial charge in [0, 0.05) is 0 Å². The van der Waals surface area contributed by atoms with Crippen LogP contribution in [0, 0.1) is 0 Å². The van der Waals surface area contributed by atoms with Crippen LogP contribution in [0.5, 0.6) is 0 Å². The SMILES string of the molecule is CC(C=CCC(C)(C)O)=C/C=C/C(C)=C/C=C/C(C)=C/C=C/C=C(C)/C=C/C=C(C)/C=C/C=C(C)/C=C/CC(C)(C)O. The van der Waals surface area contributed by atoms with Gasteiger partial charge in [-0.3, -0.25) is 0 Å². The average Bonchev–Trinajstić information content (AvgIpc) is 2.85. The van der Waals surface area contributed by atoms with Crippen molar-refractivity contribution >= 4 is 0 Å². The van der Waals surface area contributed by atoms with Gasteiger partial charge < -0.3 is 10.2 Å². The quantitative estimate of drug-likeness (QED) is 0.182. The van der Waals surface area contributed by atoms with Crippen LogP contribution >= 0.6 is 0 Å². The zero-order chi connectivity index (χ0) is 32.0. The zero-order valence-electron chi connectivity index (χ0n) is 27.9. The molecule has 0 saturated carbocycles. The van der Waals surface area contributed by atoms with E-state index in [1.54, 1.807) is 0 Å². The Hall–Kier alpha value is -3.46. The smallest absolute Gasteiger partial charge is 0.0626 e. The highest BCUT2D eigenvalue weighted by molar-refractivity contribution is 5.33. The van der Waals surface area contributed by atoms with E-state index in [2.05, 4.69) is 127 Å². The lowest BCUT2D eigenvalue weighted by atomic mass is 10.0. The second kappa shape index (κ2) is 21.3. The lowest BCUT2D eigenvalue weighted by Crippen LogP contribution is -2.16. The van der Waals surface area contributed by atoms with Gasteiger partial charge in [-0.25, -0.2) is 0 Å². The van der Waals surface area contributed by atoms with Gasteiger partial charge in [-0.15, -0.1) is 0 Å². The maximum absolute atomic E-state index is 9.76. The molecule has 0 fully saturated rings. The predicted molar refractivity (Wildman–Crippen MR) is 188 cm³/mol. The van der Waals surface area contributed by atoms with Crippen molar-refractivity contribution in [3.05, 3.63) is 155 Å².